The van der Waals surface area contributed by atoms with Gasteiger partial charge in [-0.1, -0.05) is 0 Å². The van der Waals surface area contributed by atoms with Crippen LogP contribution in [0.3, 0.4) is 0 Å². The molecule has 21 heavy (non-hydrogen) atoms. The van der Waals surface area contributed by atoms with Gasteiger partial charge in [-0.25, -0.2) is 14.2 Å². The number of benzene rings is 1. The standard InChI is InChI=1S/C14H13FN2O3S/c1-8-13(21-9(2)16-8)14(19)20-7-12(18)17-11-5-3-10(15)4-6-11/h3-6H,7H2,1-2H3,(H,17,18). The van der Waals surface area contributed by atoms with Crippen molar-refractivity contribution in [3.05, 3.63) is 45.7 Å². The van der Waals surface area contributed by atoms with Crippen molar-refractivity contribution in [2.45, 2.75) is 13.8 Å². The second-order valence-corrected chi connectivity index (χ2v) is 5.48. The molecule has 1 aromatic carbocycles. The summed E-state index contributed by atoms with van der Waals surface area (Å²) < 4.78 is 17.6. The van der Waals surface area contributed by atoms with Crippen LogP contribution in [0.5, 0.6) is 0 Å². The SMILES string of the molecule is Cc1nc(C)c(C(=O)OCC(=O)Nc2ccc(F)cc2)s1. The van der Waals surface area contributed by atoms with Gasteiger partial charge < -0.3 is 10.1 Å². The Morgan fingerprint density at radius 1 is 1.29 bits per heavy atom. The lowest BCUT2D eigenvalue weighted by molar-refractivity contribution is -0.119. The predicted molar refractivity (Wildman–Crippen MR) is 76.9 cm³/mol. The van der Waals surface area contributed by atoms with E-state index in [9.17, 15) is 14.0 Å². The number of halogens is 1. The molecule has 5 nitrogen and oxygen atoms in total. The molecule has 0 atom stereocenters. The number of nitrogens with one attached hydrogen (secondary N) is 1. The summed E-state index contributed by atoms with van der Waals surface area (Å²) in [7, 11) is 0. The molecule has 2 rings (SSSR count). The molecule has 110 valence electrons. The number of anilines is 1. The maximum absolute atomic E-state index is 12.7. The first-order chi connectivity index (χ1) is 9.95. The van der Waals surface area contributed by atoms with Gasteiger partial charge in [0.2, 0.25) is 0 Å². The molecule has 0 spiro atoms. The first kappa shape index (κ1) is 15.1. The molecule has 0 aliphatic rings. The Bertz CT molecular complexity index is 667. The summed E-state index contributed by atoms with van der Waals surface area (Å²) in [5.41, 5.74) is 1.02. The third-order valence-electron chi connectivity index (χ3n) is 2.55. The first-order valence-electron chi connectivity index (χ1n) is 6.12. The lowest BCUT2D eigenvalue weighted by Gasteiger charge is -2.06. The maximum Gasteiger partial charge on any atom is 0.350 e. The number of hydrogen-bond donors (Lipinski definition) is 1. The van der Waals surface area contributed by atoms with Crippen molar-refractivity contribution in [3.63, 3.8) is 0 Å². The van der Waals surface area contributed by atoms with E-state index in [1.165, 1.54) is 35.6 Å². The molecule has 7 heteroatoms. The van der Waals surface area contributed by atoms with E-state index in [0.717, 1.165) is 5.01 Å². The molecule has 0 fully saturated rings. The molecule has 1 amide bonds. The Morgan fingerprint density at radius 2 is 1.95 bits per heavy atom. The van der Waals surface area contributed by atoms with Crippen molar-refractivity contribution in [1.29, 1.82) is 0 Å². The fourth-order valence-electron chi connectivity index (χ4n) is 1.65. The second-order valence-electron chi connectivity index (χ2n) is 4.28. The van der Waals surface area contributed by atoms with Gasteiger partial charge >= 0.3 is 5.97 Å². The van der Waals surface area contributed by atoms with E-state index in [1.54, 1.807) is 13.8 Å². The van der Waals surface area contributed by atoms with Gasteiger partial charge in [-0.05, 0) is 38.1 Å². The summed E-state index contributed by atoms with van der Waals surface area (Å²) in [6.45, 7) is 3.08. The molecule has 0 aliphatic carbocycles. The highest BCUT2D eigenvalue weighted by Crippen LogP contribution is 2.18. The van der Waals surface area contributed by atoms with Crippen molar-refractivity contribution in [1.82, 2.24) is 4.98 Å². The average molecular weight is 308 g/mol. The van der Waals surface area contributed by atoms with Crippen LogP contribution in [0.1, 0.15) is 20.4 Å². The largest absolute Gasteiger partial charge is 0.451 e. The number of esters is 1. The number of ether oxygens (including phenoxy) is 1. The molecular weight excluding hydrogens is 295 g/mol. The Labute approximate surface area is 124 Å². The van der Waals surface area contributed by atoms with Crippen LogP contribution in [0.25, 0.3) is 0 Å². The smallest absolute Gasteiger partial charge is 0.350 e. The van der Waals surface area contributed by atoms with Crippen LogP contribution < -0.4 is 5.32 Å². The van der Waals surface area contributed by atoms with E-state index in [-0.39, 0.29) is 0 Å². The Balaban J connectivity index is 1.88. The zero-order valence-electron chi connectivity index (χ0n) is 11.5. The summed E-state index contributed by atoms with van der Waals surface area (Å²) in [4.78, 5) is 27.9. The molecule has 2 aromatic rings. The zero-order valence-corrected chi connectivity index (χ0v) is 12.3. The van der Waals surface area contributed by atoms with Crippen molar-refractivity contribution in [3.8, 4) is 0 Å². The van der Waals surface area contributed by atoms with Crippen LogP contribution in [-0.4, -0.2) is 23.5 Å². The molecule has 1 aromatic heterocycles. The normalized spacial score (nSPS) is 10.2. The van der Waals surface area contributed by atoms with Gasteiger partial charge in [0.15, 0.2) is 6.61 Å². The minimum Gasteiger partial charge on any atom is -0.451 e. The van der Waals surface area contributed by atoms with Crippen molar-refractivity contribution in [2.75, 3.05) is 11.9 Å². The monoisotopic (exact) mass is 308 g/mol. The van der Waals surface area contributed by atoms with Gasteiger partial charge in [-0.2, -0.15) is 0 Å². The van der Waals surface area contributed by atoms with Gasteiger partial charge in [0.1, 0.15) is 10.7 Å². The zero-order chi connectivity index (χ0) is 15.4. The van der Waals surface area contributed by atoms with Gasteiger partial charge in [0, 0.05) is 5.69 Å². The molecule has 0 bridgehead atoms. The summed E-state index contributed by atoms with van der Waals surface area (Å²) in [5, 5.41) is 3.26. The minimum absolute atomic E-state index is 0.391. The molecular formula is C14H13FN2O3S. The average Bonchev–Trinajstić information content (AvgIpc) is 2.78. The number of nitrogens with zero attached hydrogens (tertiary/aromatic N) is 1. The highest BCUT2D eigenvalue weighted by molar-refractivity contribution is 7.13. The highest BCUT2D eigenvalue weighted by Gasteiger charge is 2.16. The Morgan fingerprint density at radius 3 is 2.52 bits per heavy atom. The number of aromatic nitrogens is 1. The van der Waals surface area contributed by atoms with E-state index in [2.05, 4.69) is 10.3 Å². The van der Waals surface area contributed by atoms with E-state index in [4.69, 9.17) is 4.74 Å². The quantitative estimate of drug-likeness (QED) is 0.882. The Hall–Kier alpha value is -2.28. The third kappa shape index (κ3) is 4.09. The lowest BCUT2D eigenvalue weighted by Crippen LogP contribution is -2.20. The van der Waals surface area contributed by atoms with E-state index in [0.29, 0.717) is 16.3 Å². The lowest BCUT2D eigenvalue weighted by atomic mass is 10.3. The highest BCUT2D eigenvalue weighted by atomic mass is 32.1. The molecule has 1 heterocycles. The van der Waals surface area contributed by atoms with E-state index in [1.807, 2.05) is 0 Å². The fourth-order valence-corrected chi connectivity index (χ4v) is 2.46. The molecule has 1 N–H and O–H groups in total. The summed E-state index contributed by atoms with van der Waals surface area (Å²) in [6.07, 6.45) is 0. The van der Waals surface area contributed by atoms with Crippen LogP contribution in [0.2, 0.25) is 0 Å². The molecule has 0 saturated heterocycles. The number of carbonyl (C=O) groups excluding carboxylic acids is 2. The van der Waals surface area contributed by atoms with Crippen LogP contribution >= 0.6 is 11.3 Å². The predicted octanol–water partition coefficient (Wildman–Crippen LogP) is 2.69. The number of aryl methyl sites for hydroxylation is 2. The third-order valence-corrected chi connectivity index (χ3v) is 3.60. The van der Waals surface area contributed by atoms with Crippen molar-refractivity contribution < 1.29 is 18.7 Å². The van der Waals surface area contributed by atoms with Gasteiger partial charge in [0.25, 0.3) is 5.91 Å². The van der Waals surface area contributed by atoms with Crippen molar-refractivity contribution >= 4 is 28.9 Å². The number of rotatable bonds is 4. The topological polar surface area (TPSA) is 68.3 Å². The molecule has 0 aliphatic heterocycles. The Kier molecular flexibility index (Phi) is 4.64. The first-order valence-corrected chi connectivity index (χ1v) is 6.94. The van der Waals surface area contributed by atoms with Gasteiger partial charge in [-0.3, -0.25) is 4.79 Å². The summed E-state index contributed by atoms with van der Waals surface area (Å²) in [6, 6.07) is 5.30. The molecule has 0 unspecified atom stereocenters. The summed E-state index contributed by atoms with van der Waals surface area (Å²) >= 11 is 1.22. The maximum atomic E-state index is 12.7. The molecule has 0 saturated carbocycles. The van der Waals surface area contributed by atoms with Crippen molar-refractivity contribution in [2.24, 2.45) is 0 Å². The van der Waals surface area contributed by atoms with Crippen LogP contribution in [0, 0.1) is 19.7 Å². The van der Waals surface area contributed by atoms with Crippen LogP contribution in [-0.2, 0) is 9.53 Å². The van der Waals surface area contributed by atoms with Crippen LogP contribution in [0.4, 0.5) is 10.1 Å². The molecule has 0 radical (unpaired) electrons. The minimum atomic E-state index is -0.577. The number of hydrogen-bond acceptors (Lipinski definition) is 5. The van der Waals surface area contributed by atoms with E-state index < -0.39 is 24.3 Å². The second kappa shape index (κ2) is 6.45. The van der Waals surface area contributed by atoms with E-state index >= 15 is 0 Å². The van der Waals surface area contributed by atoms with Gasteiger partial charge in [0.05, 0.1) is 10.7 Å². The number of amides is 1. The van der Waals surface area contributed by atoms with Gasteiger partial charge in [-0.15, -0.1) is 11.3 Å². The number of carbonyl (C=O) groups is 2. The number of thiazole rings is 1. The fraction of sp³-hybridized carbons (Fsp3) is 0.214. The van der Waals surface area contributed by atoms with Crippen LogP contribution in [0.15, 0.2) is 24.3 Å². The summed E-state index contributed by atoms with van der Waals surface area (Å²) in [5.74, 6) is -1.46.